The fourth-order valence-electron chi connectivity index (χ4n) is 3.45. The molecule has 0 bridgehead atoms. The van der Waals surface area contributed by atoms with Gasteiger partial charge in [-0.2, -0.15) is 0 Å². The third-order valence-electron chi connectivity index (χ3n) is 4.96. The zero-order valence-electron chi connectivity index (χ0n) is 15.2. The number of amides is 1. The lowest BCUT2D eigenvalue weighted by Gasteiger charge is -2.22. The van der Waals surface area contributed by atoms with Gasteiger partial charge in [-0.1, -0.05) is 29.8 Å². The van der Waals surface area contributed by atoms with Gasteiger partial charge in [0.05, 0.1) is 6.54 Å². The smallest absolute Gasteiger partial charge is 0.255 e. The minimum Gasteiger partial charge on any atom is -0.365 e. The van der Waals surface area contributed by atoms with Crippen molar-refractivity contribution in [2.24, 2.45) is 11.7 Å². The summed E-state index contributed by atoms with van der Waals surface area (Å²) in [6, 6.07) is 11.8. The van der Waals surface area contributed by atoms with Crippen LogP contribution in [-0.4, -0.2) is 30.5 Å². The third-order valence-corrected chi connectivity index (χ3v) is 4.96. The molecule has 1 aromatic carbocycles. The third kappa shape index (κ3) is 4.56. The highest BCUT2D eigenvalue weighted by Gasteiger charge is 2.22. The van der Waals surface area contributed by atoms with Crippen molar-refractivity contribution < 1.29 is 10.1 Å². The zero-order chi connectivity index (χ0) is 18.4. The summed E-state index contributed by atoms with van der Waals surface area (Å²) in [5.74, 6) is 0.238. The number of aryl methyl sites for hydroxylation is 1. The number of rotatable bonds is 6. The summed E-state index contributed by atoms with van der Waals surface area (Å²) in [7, 11) is 0. The molecule has 1 amide bonds. The lowest BCUT2D eigenvalue weighted by molar-refractivity contribution is -0.569. The van der Waals surface area contributed by atoms with Crippen LogP contribution in [-0.2, 0) is 4.79 Å². The molecular weight excluding hydrogens is 324 g/mol. The number of primary amides is 1. The molecule has 5 heteroatoms. The van der Waals surface area contributed by atoms with E-state index in [1.165, 1.54) is 0 Å². The van der Waals surface area contributed by atoms with Gasteiger partial charge in [0, 0.05) is 23.9 Å². The largest absolute Gasteiger partial charge is 0.365 e. The molecule has 1 aromatic heterocycles. The Bertz CT molecular complexity index is 762. The Morgan fingerprint density at radius 1 is 1.12 bits per heavy atom. The van der Waals surface area contributed by atoms with E-state index in [0.29, 0.717) is 11.5 Å². The van der Waals surface area contributed by atoms with Crippen molar-refractivity contribution in [3.05, 3.63) is 65.5 Å². The lowest BCUT2D eigenvalue weighted by Crippen LogP contribution is -2.83. The summed E-state index contributed by atoms with van der Waals surface area (Å²) < 4.78 is 0. The van der Waals surface area contributed by atoms with Crippen LogP contribution in [0.2, 0.25) is 0 Å². The van der Waals surface area contributed by atoms with Crippen LogP contribution in [0.3, 0.4) is 0 Å². The normalized spacial score (nSPS) is 16.2. The van der Waals surface area contributed by atoms with Gasteiger partial charge in [0.1, 0.15) is 5.57 Å². The van der Waals surface area contributed by atoms with Gasteiger partial charge in [0.25, 0.3) is 5.91 Å². The number of pyridine rings is 1. The van der Waals surface area contributed by atoms with E-state index in [4.69, 9.17) is 5.73 Å². The molecule has 1 aliphatic heterocycles. The highest BCUT2D eigenvalue weighted by molar-refractivity contribution is 6.25. The maximum Gasteiger partial charge on any atom is 0.255 e. The van der Waals surface area contributed by atoms with Gasteiger partial charge in [-0.15, -0.1) is 0 Å². The molecule has 5 N–H and O–H groups in total. The number of nitrogens with one attached hydrogen (secondary N) is 1. The maximum absolute atomic E-state index is 12.4. The van der Waals surface area contributed by atoms with Crippen LogP contribution in [0, 0.1) is 12.8 Å². The number of piperidine rings is 1. The van der Waals surface area contributed by atoms with Crippen molar-refractivity contribution in [3.63, 3.8) is 0 Å². The standard InChI is InChI=1S/C21H26N4O/c1-15-2-4-17(5-3-15)19(21(22)26)20(18-8-12-24-13-9-18)25-14-16-6-10-23-11-7-16/h2-5,8-9,12-13,16,23,25H,6-7,10-11,14H2,1H3,(H2,22,26)/p+1/b20-19-. The minimum absolute atomic E-state index is 0.401. The highest BCUT2D eigenvalue weighted by atomic mass is 16.1. The zero-order valence-corrected chi connectivity index (χ0v) is 15.2. The van der Waals surface area contributed by atoms with Gasteiger partial charge >= 0.3 is 0 Å². The average Bonchev–Trinajstić information content (AvgIpc) is 2.67. The molecule has 5 nitrogen and oxygen atoms in total. The average molecular weight is 351 g/mol. The van der Waals surface area contributed by atoms with Gasteiger partial charge in [0.15, 0.2) is 5.70 Å². The molecule has 26 heavy (non-hydrogen) atoms. The number of aromatic nitrogens is 1. The van der Waals surface area contributed by atoms with Crippen molar-refractivity contribution in [2.45, 2.75) is 19.8 Å². The van der Waals surface area contributed by atoms with Crippen LogP contribution in [0.15, 0.2) is 48.8 Å². The highest BCUT2D eigenvalue weighted by Crippen LogP contribution is 2.22. The molecule has 1 fully saturated rings. The minimum atomic E-state index is -0.401. The topological polar surface area (TPSA) is 84.6 Å². The first-order valence-electron chi connectivity index (χ1n) is 9.20. The number of nitrogens with two attached hydrogens (primary N) is 2. The van der Waals surface area contributed by atoms with Gasteiger partial charge in [-0.3, -0.25) is 9.78 Å². The van der Waals surface area contributed by atoms with E-state index in [1.807, 2.05) is 43.3 Å². The van der Waals surface area contributed by atoms with Crippen molar-refractivity contribution in [1.29, 1.82) is 0 Å². The maximum atomic E-state index is 12.4. The molecule has 1 saturated heterocycles. The summed E-state index contributed by atoms with van der Waals surface area (Å²) in [5, 5.41) is 5.58. The molecule has 0 unspecified atom stereocenters. The Balaban J connectivity index is 1.99. The number of hydrogen-bond acceptors (Lipinski definition) is 3. The van der Waals surface area contributed by atoms with Crippen LogP contribution in [0.5, 0.6) is 0 Å². The van der Waals surface area contributed by atoms with E-state index in [1.54, 1.807) is 12.4 Å². The molecule has 0 radical (unpaired) electrons. The first kappa shape index (κ1) is 18.3. The number of hydrogen-bond donors (Lipinski definition) is 3. The summed E-state index contributed by atoms with van der Waals surface area (Å²) in [6.07, 6.45) is 5.83. The molecule has 2 aromatic rings. The summed E-state index contributed by atoms with van der Waals surface area (Å²) in [6.45, 7) is 5.10. The van der Waals surface area contributed by atoms with Crippen molar-refractivity contribution >= 4 is 17.2 Å². The van der Waals surface area contributed by atoms with Gasteiger partial charge < -0.3 is 16.4 Å². The van der Waals surface area contributed by atoms with E-state index in [9.17, 15) is 4.79 Å². The van der Waals surface area contributed by atoms with Gasteiger partial charge in [-0.25, -0.2) is 0 Å². The number of quaternary nitrogens is 1. The first-order valence-corrected chi connectivity index (χ1v) is 9.20. The van der Waals surface area contributed by atoms with Crippen LogP contribution >= 0.6 is 0 Å². The molecule has 1 aliphatic rings. The predicted molar refractivity (Wildman–Crippen MR) is 104 cm³/mol. The summed E-state index contributed by atoms with van der Waals surface area (Å²) >= 11 is 0. The summed E-state index contributed by atoms with van der Waals surface area (Å²) in [4.78, 5) is 16.5. The van der Waals surface area contributed by atoms with Crippen LogP contribution in [0.1, 0.15) is 29.5 Å². The van der Waals surface area contributed by atoms with Gasteiger partial charge in [0.2, 0.25) is 0 Å². The van der Waals surface area contributed by atoms with E-state index >= 15 is 0 Å². The number of nitrogens with zero attached hydrogens (tertiary/aromatic N) is 1. The Morgan fingerprint density at radius 2 is 1.77 bits per heavy atom. The molecule has 136 valence electrons. The second-order valence-corrected chi connectivity index (χ2v) is 6.89. The summed E-state index contributed by atoms with van der Waals surface area (Å²) in [5.41, 5.74) is 10.3. The van der Waals surface area contributed by atoms with Crippen molar-refractivity contribution in [2.75, 3.05) is 19.6 Å². The van der Waals surface area contributed by atoms with Crippen LogP contribution in [0.25, 0.3) is 11.3 Å². The monoisotopic (exact) mass is 351 g/mol. The second kappa shape index (κ2) is 8.74. The quantitative estimate of drug-likeness (QED) is 0.686. The van der Waals surface area contributed by atoms with E-state index in [0.717, 1.165) is 54.9 Å². The Kier molecular flexibility index (Phi) is 6.15. The molecule has 3 rings (SSSR count). The van der Waals surface area contributed by atoms with Gasteiger partial charge in [-0.05, 0) is 50.6 Å². The Morgan fingerprint density at radius 3 is 2.38 bits per heavy atom. The second-order valence-electron chi connectivity index (χ2n) is 6.89. The van der Waals surface area contributed by atoms with Crippen LogP contribution < -0.4 is 16.4 Å². The predicted octanol–water partition coefficient (Wildman–Crippen LogP) is 1.31. The van der Waals surface area contributed by atoms with E-state index in [2.05, 4.69) is 15.6 Å². The molecule has 0 saturated carbocycles. The van der Waals surface area contributed by atoms with Crippen molar-refractivity contribution in [1.82, 2.24) is 10.3 Å². The lowest BCUT2D eigenvalue weighted by atomic mass is 9.95. The SMILES string of the molecule is Cc1ccc(/C(C(N)=O)=C(/[NH2+]CC2CCNCC2)c2ccncc2)cc1. The number of carbonyl (C=O) groups is 1. The Labute approximate surface area is 154 Å². The van der Waals surface area contributed by atoms with E-state index < -0.39 is 5.91 Å². The molecule has 0 spiro atoms. The molecule has 2 heterocycles. The Hall–Kier alpha value is -2.50. The molecule has 0 aliphatic carbocycles. The van der Waals surface area contributed by atoms with Crippen molar-refractivity contribution in [3.8, 4) is 0 Å². The molecule has 0 atom stereocenters. The number of carbonyl (C=O) groups excluding carboxylic acids is 1. The van der Waals surface area contributed by atoms with Crippen LogP contribution in [0.4, 0.5) is 0 Å². The number of benzene rings is 1. The fourth-order valence-corrected chi connectivity index (χ4v) is 3.45. The molecular formula is C21H27N4O+. The fraction of sp³-hybridized carbons (Fsp3) is 0.333. The van der Waals surface area contributed by atoms with E-state index in [-0.39, 0.29) is 0 Å². The first-order chi connectivity index (χ1) is 12.6.